The lowest BCUT2D eigenvalue weighted by Crippen LogP contribution is -2.13. The second-order valence-corrected chi connectivity index (χ2v) is 3.92. The molecule has 0 saturated carbocycles. The zero-order valence-electron chi connectivity index (χ0n) is 9.66. The Morgan fingerprint density at radius 3 is 2.75 bits per heavy atom. The van der Waals surface area contributed by atoms with Gasteiger partial charge in [-0.25, -0.2) is 0 Å². The fraction of sp³-hybridized carbons (Fsp3) is 0.308. The van der Waals surface area contributed by atoms with Gasteiger partial charge in [0.2, 0.25) is 0 Å². The maximum absolute atomic E-state index is 5.47. The highest BCUT2D eigenvalue weighted by molar-refractivity contribution is 5.21. The number of nitrogens with one attached hydrogen (secondary N) is 1. The van der Waals surface area contributed by atoms with E-state index in [9.17, 15) is 0 Å². The molecule has 3 nitrogen and oxygen atoms in total. The van der Waals surface area contributed by atoms with Crippen molar-refractivity contribution in [1.29, 1.82) is 0 Å². The minimum Gasteiger partial charge on any atom is -0.465 e. The summed E-state index contributed by atoms with van der Waals surface area (Å²) in [6.45, 7) is 5.62. The van der Waals surface area contributed by atoms with E-state index in [1.807, 2.05) is 37.5 Å². The molecule has 0 radical (unpaired) electrons. The molecule has 0 spiro atoms. The van der Waals surface area contributed by atoms with Crippen molar-refractivity contribution in [3.05, 3.63) is 53.2 Å². The molecule has 0 unspecified atom stereocenters. The molecule has 0 amide bonds. The van der Waals surface area contributed by atoms with Gasteiger partial charge in [0.15, 0.2) is 0 Å². The third-order valence-electron chi connectivity index (χ3n) is 2.56. The molecule has 0 aliphatic rings. The molecule has 84 valence electrons. The molecule has 0 atom stereocenters. The number of hydrogen-bond acceptors (Lipinski definition) is 3. The van der Waals surface area contributed by atoms with E-state index in [1.54, 1.807) is 0 Å². The predicted molar refractivity (Wildman–Crippen MR) is 63.0 cm³/mol. The Balaban J connectivity index is 1.87. The first kappa shape index (κ1) is 10.9. The molecule has 1 N–H and O–H groups in total. The van der Waals surface area contributed by atoms with Gasteiger partial charge in [-0.3, -0.25) is 4.98 Å². The first-order valence-corrected chi connectivity index (χ1v) is 5.41. The third kappa shape index (κ3) is 2.70. The minimum atomic E-state index is 0.752. The lowest BCUT2D eigenvalue weighted by Gasteiger charge is -2.05. The van der Waals surface area contributed by atoms with E-state index in [2.05, 4.69) is 17.2 Å². The van der Waals surface area contributed by atoms with E-state index in [1.165, 1.54) is 11.1 Å². The number of nitrogens with zero attached hydrogens (tertiary/aromatic N) is 1. The van der Waals surface area contributed by atoms with Crippen LogP contribution in [0.2, 0.25) is 0 Å². The van der Waals surface area contributed by atoms with Crippen LogP contribution < -0.4 is 5.32 Å². The second kappa shape index (κ2) is 4.94. The summed E-state index contributed by atoms with van der Waals surface area (Å²) in [5, 5.41) is 3.34. The topological polar surface area (TPSA) is 38.1 Å². The van der Waals surface area contributed by atoms with Gasteiger partial charge in [-0.15, -0.1) is 0 Å². The smallest absolute Gasteiger partial charge is 0.117 e. The monoisotopic (exact) mass is 216 g/mol. The lowest BCUT2D eigenvalue weighted by atomic mass is 10.1. The van der Waals surface area contributed by atoms with Crippen molar-refractivity contribution < 1.29 is 4.42 Å². The summed E-state index contributed by atoms with van der Waals surface area (Å²) in [5.74, 6) is 1.92. The average molecular weight is 216 g/mol. The van der Waals surface area contributed by atoms with Crippen molar-refractivity contribution in [2.75, 3.05) is 0 Å². The third-order valence-corrected chi connectivity index (χ3v) is 2.56. The van der Waals surface area contributed by atoms with Crippen molar-refractivity contribution >= 4 is 0 Å². The van der Waals surface area contributed by atoms with E-state index in [4.69, 9.17) is 4.42 Å². The summed E-state index contributed by atoms with van der Waals surface area (Å²) in [5.41, 5.74) is 2.49. The summed E-state index contributed by atoms with van der Waals surface area (Å²) < 4.78 is 5.47. The Morgan fingerprint density at radius 1 is 1.19 bits per heavy atom. The summed E-state index contributed by atoms with van der Waals surface area (Å²) >= 11 is 0. The summed E-state index contributed by atoms with van der Waals surface area (Å²) in [6.07, 6.45) is 3.71. The number of rotatable bonds is 4. The zero-order valence-corrected chi connectivity index (χ0v) is 9.66. The Bertz CT molecular complexity index is 462. The van der Waals surface area contributed by atoms with Crippen LogP contribution >= 0.6 is 0 Å². The molecule has 0 saturated heterocycles. The highest BCUT2D eigenvalue weighted by atomic mass is 16.3. The van der Waals surface area contributed by atoms with Crippen LogP contribution in [0.3, 0.4) is 0 Å². The van der Waals surface area contributed by atoms with Crippen LogP contribution in [0.4, 0.5) is 0 Å². The molecule has 2 aromatic heterocycles. The maximum Gasteiger partial charge on any atom is 0.117 e. The van der Waals surface area contributed by atoms with Crippen molar-refractivity contribution in [3.63, 3.8) is 0 Å². The molecule has 2 aromatic rings. The highest BCUT2D eigenvalue weighted by Crippen LogP contribution is 2.07. The fourth-order valence-corrected chi connectivity index (χ4v) is 1.58. The Hall–Kier alpha value is -1.61. The van der Waals surface area contributed by atoms with Gasteiger partial charge in [-0.05, 0) is 43.2 Å². The van der Waals surface area contributed by atoms with Crippen LogP contribution in [0, 0.1) is 13.8 Å². The Kier molecular flexibility index (Phi) is 3.37. The van der Waals surface area contributed by atoms with Gasteiger partial charge in [0.25, 0.3) is 0 Å². The van der Waals surface area contributed by atoms with Crippen LogP contribution in [0.25, 0.3) is 0 Å². The first-order valence-electron chi connectivity index (χ1n) is 5.41. The van der Waals surface area contributed by atoms with Gasteiger partial charge < -0.3 is 9.73 Å². The van der Waals surface area contributed by atoms with Crippen LogP contribution in [-0.2, 0) is 13.1 Å². The van der Waals surface area contributed by atoms with Crippen molar-refractivity contribution in [2.45, 2.75) is 26.9 Å². The van der Waals surface area contributed by atoms with Crippen molar-refractivity contribution in [3.8, 4) is 0 Å². The van der Waals surface area contributed by atoms with Gasteiger partial charge in [0, 0.05) is 18.9 Å². The molecule has 0 fully saturated rings. The van der Waals surface area contributed by atoms with Gasteiger partial charge in [-0.2, -0.15) is 0 Å². The average Bonchev–Trinajstić information content (AvgIpc) is 2.67. The molecule has 2 heterocycles. The molecular weight excluding hydrogens is 200 g/mol. The Morgan fingerprint density at radius 2 is 2.06 bits per heavy atom. The zero-order chi connectivity index (χ0) is 11.4. The van der Waals surface area contributed by atoms with Crippen molar-refractivity contribution in [2.24, 2.45) is 0 Å². The van der Waals surface area contributed by atoms with E-state index in [-0.39, 0.29) is 0 Å². The molecule has 0 aliphatic carbocycles. The fourth-order valence-electron chi connectivity index (χ4n) is 1.58. The number of aromatic nitrogens is 1. The van der Waals surface area contributed by atoms with Gasteiger partial charge in [0.05, 0.1) is 6.54 Å². The number of aryl methyl sites for hydroxylation is 2. The molecule has 2 rings (SSSR count). The van der Waals surface area contributed by atoms with E-state index >= 15 is 0 Å². The molecule has 0 aromatic carbocycles. The van der Waals surface area contributed by atoms with Crippen LogP contribution in [0.1, 0.15) is 22.6 Å². The standard InChI is InChI=1S/C13H16N2O/c1-10-5-6-14-7-12(10)8-15-9-13-4-3-11(2)16-13/h3-7,15H,8-9H2,1-2H3. The number of hydrogen-bond donors (Lipinski definition) is 1. The SMILES string of the molecule is Cc1ccc(CNCc2cnccc2C)o1. The second-order valence-electron chi connectivity index (χ2n) is 3.92. The van der Waals surface area contributed by atoms with Crippen molar-refractivity contribution in [1.82, 2.24) is 10.3 Å². The Labute approximate surface area is 95.5 Å². The van der Waals surface area contributed by atoms with E-state index in [0.717, 1.165) is 24.6 Å². The lowest BCUT2D eigenvalue weighted by molar-refractivity contribution is 0.461. The summed E-state index contributed by atoms with van der Waals surface area (Å²) in [4.78, 5) is 4.11. The van der Waals surface area contributed by atoms with Crippen LogP contribution in [-0.4, -0.2) is 4.98 Å². The molecule has 3 heteroatoms. The molecular formula is C13H16N2O. The van der Waals surface area contributed by atoms with Gasteiger partial charge >= 0.3 is 0 Å². The van der Waals surface area contributed by atoms with Gasteiger partial charge in [0.1, 0.15) is 11.5 Å². The molecule has 0 aliphatic heterocycles. The van der Waals surface area contributed by atoms with Crippen LogP contribution in [0.5, 0.6) is 0 Å². The first-order chi connectivity index (χ1) is 7.75. The van der Waals surface area contributed by atoms with E-state index < -0.39 is 0 Å². The summed E-state index contributed by atoms with van der Waals surface area (Å²) in [6, 6.07) is 6.00. The largest absolute Gasteiger partial charge is 0.465 e. The quantitative estimate of drug-likeness (QED) is 0.853. The van der Waals surface area contributed by atoms with Crippen LogP contribution in [0.15, 0.2) is 35.0 Å². The molecule has 0 bridgehead atoms. The number of furan rings is 1. The minimum absolute atomic E-state index is 0.752. The van der Waals surface area contributed by atoms with Gasteiger partial charge in [-0.1, -0.05) is 0 Å². The highest BCUT2D eigenvalue weighted by Gasteiger charge is 2.00. The molecule has 16 heavy (non-hydrogen) atoms. The van der Waals surface area contributed by atoms with E-state index in [0.29, 0.717) is 0 Å². The predicted octanol–water partition coefficient (Wildman–Crippen LogP) is 2.58. The maximum atomic E-state index is 5.47. The summed E-state index contributed by atoms with van der Waals surface area (Å²) in [7, 11) is 0. The number of pyridine rings is 1. The normalized spacial score (nSPS) is 10.6.